The second kappa shape index (κ2) is 5.34. The minimum absolute atomic E-state index is 0.657. The molecule has 1 fully saturated rings. The Balaban J connectivity index is 1.97. The second-order valence-electron chi connectivity index (χ2n) is 4.02. The van der Waals surface area contributed by atoms with Crippen LogP contribution in [0.4, 0.5) is 10.5 Å². The van der Waals surface area contributed by atoms with Crippen LogP contribution in [-0.4, -0.2) is 25.3 Å². The topological polar surface area (TPSA) is 70.7 Å². The summed E-state index contributed by atoms with van der Waals surface area (Å²) in [5.74, 6) is 0. The van der Waals surface area contributed by atoms with Crippen LogP contribution in [0.25, 0.3) is 0 Å². The summed E-state index contributed by atoms with van der Waals surface area (Å²) in [4.78, 5) is 12.8. The molecule has 1 aromatic carbocycles. The number of hydrogen-bond acceptors (Lipinski definition) is 3. The van der Waals surface area contributed by atoms with E-state index in [1.807, 2.05) is 12.1 Å². The predicted molar refractivity (Wildman–Crippen MR) is 68.2 cm³/mol. The van der Waals surface area contributed by atoms with Crippen LogP contribution >= 0.6 is 0 Å². The molecule has 1 aromatic rings. The first-order chi connectivity index (χ1) is 8.25. The van der Waals surface area contributed by atoms with E-state index in [-0.39, 0.29) is 0 Å². The Labute approximate surface area is 100 Å². The molecule has 0 unspecified atom stereocenters. The Morgan fingerprint density at radius 3 is 2.53 bits per heavy atom. The zero-order chi connectivity index (χ0) is 12.1. The van der Waals surface area contributed by atoms with Crippen LogP contribution in [-0.2, 0) is 0 Å². The highest BCUT2D eigenvalue weighted by molar-refractivity contribution is 5.82. The summed E-state index contributed by atoms with van der Waals surface area (Å²) in [6.07, 6.45) is 4.11. The Morgan fingerprint density at radius 2 is 1.94 bits per heavy atom. The van der Waals surface area contributed by atoms with Gasteiger partial charge in [-0.05, 0) is 30.5 Å². The van der Waals surface area contributed by atoms with Gasteiger partial charge in [-0.2, -0.15) is 5.10 Å². The molecule has 1 aliphatic rings. The lowest BCUT2D eigenvalue weighted by molar-refractivity contribution is 0.249. The molecule has 0 aromatic heterocycles. The zero-order valence-electron chi connectivity index (χ0n) is 9.60. The molecule has 17 heavy (non-hydrogen) atoms. The first-order valence-electron chi connectivity index (χ1n) is 5.69. The van der Waals surface area contributed by atoms with Gasteiger partial charge in [0.25, 0.3) is 0 Å². The van der Waals surface area contributed by atoms with E-state index in [0.717, 1.165) is 18.7 Å². The van der Waals surface area contributed by atoms with Crippen LogP contribution in [0.2, 0.25) is 0 Å². The smallest absolute Gasteiger partial charge is 0.332 e. The normalized spacial score (nSPS) is 15.4. The average molecular weight is 232 g/mol. The third-order valence-electron chi connectivity index (χ3n) is 2.75. The third-order valence-corrected chi connectivity index (χ3v) is 2.75. The number of hydrazone groups is 1. The lowest BCUT2D eigenvalue weighted by atomic mass is 10.2. The van der Waals surface area contributed by atoms with Gasteiger partial charge >= 0.3 is 6.03 Å². The molecule has 1 heterocycles. The van der Waals surface area contributed by atoms with Crippen molar-refractivity contribution in [1.82, 2.24) is 5.43 Å². The predicted octanol–water partition coefficient (Wildman–Crippen LogP) is 1.29. The average Bonchev–Trinajstić information content (AvgIpc) is 2.83. The maximum Gasteiger partial charge on any atom is 0.332 e. The van der Waals surface area contributed by atoms with E-state index in [2.05, 4.69) is 27.6 Å². The van der Waals surface area contributed by atoms with Gasteiger partial charge in [0.1, 0.15) is 0 Å². The number of anilines is 1. The Bertz CT molecular complexity index is 407. The number of urea groups is 1. The van der Waals surface area contributed by atoms with Crippen LogP contribution in [0, 0.1) is 0 Å². The van der Waals surface area contributed by atoms with Crippen molar-refractivity contribution in [2.24, 2.45) is 10.8 Å². The number of nitrogens with one attached hydrogen (secondary N) is 1. The van der Waals surface area contributed by atoms with Gasteiger partial charge in [-0.1, -0.05) is 12.1 Å². The summed E-state index contributed by atoms with van der Waals surface area (Å²) in [7, 11) is 0. The van der Waals surface area contributed by atoms with Crippen LogP contribution in [0.15, 0.2) is 29.4 Å². The standard InChI is InChI=1S/C12H16N4O/c13-12(17)15-14-9-10-3-5-11(6-4-10)16-7-1-2-8-16/h3-6,9H,1-2,7-8H2,(H3,13,15,17)/b14-9-. The Kier molecular flexibility index (Phi) is 3.59. The van der Waals surface area contributed by atoms with Crippen LogP contribution in [0.3, 0.4) is 0 Å². The molecule has 0 spiro atoms. The van der Waals surface area contributed by atoms with Crippen LogP contribution < -0.4 is 16.1 Å². The van der Waals surface area contributed by atoms with Crippen molar-refractivity contribution in [2.45, 2.75) is 12.8 Å². The molecule has 3 N–H and O–H groups in total. The number of carbonyl (C=O) groups is 1. The summed E-state index contributed by atoms with van der Waals surface area (Å²) in [5.41, 5.74) is 9.23. The highest BCUT2D eigenvalue weighted by Gasteiger charge is 2.11. The molecule has 0 atom stereocenters. The molecular formula is C12H16N4O. The maximum atomic E-state index is 10.4. The first kappa shape index (κ1) is 11.4. The minimum atomic E-state index is -0.657. The molecule has 0 bridgehead atoms. The zero-order valence-corrected chi connectivity index (χ0v) is 9.60. The quantitative estimate of drug-likeness (QED) is 0.609. The van der Waals surface area contributed by atoms with Gasteiger partial charge in [0, 0.05) is 18.8 Å². The van der Waals surface area contributed by atoms with Crippen molar-refractivity contribution < 1.29 is 4.79 Å². The fourth-order valence-electron chi connectivity index (χ4n) is 1.92. The highest BCUT2D eigenvalue weighted by Crippen LogP contribution is 2.19. The molecule has 2 amide bonds. The van der Waals surface area contributed by atoms with Crippen molar-refractivity contribution >= 4 is 17.9 Å². The molecule has 90 valence electrons. The lowest BCUT2D eigenvalue weighted by Crippen LogP contribution is -2.24. The Morgan fingerprint density at radius 1 is 1.29 bits per heavy atom. The molecule has 5 nitrogen and oxygen atoms in total. The van der Waals surface area contributed by atoms with E-state index < -0.39 is 6.03 Å². The lowest BCUT2D eigenvalue weighted by Gasteiger charge is -2.17. The molecule has 0 saturated carbocycles. The summed E-state index contributed by atoms with van der Waals surface area (Å²) in [5, 5.41) is 3.71. The number of rotatable bonds is 3. The monoisotopic (exact) mass is 232 g/mol. The molecular weight excluding hydrogens is 216 g/mol. The van der Waals surface area contributed by atoms with Gasteiger partial charge in [-0.15, -0.1) is 0 Å². The summed E-state index contributed by atoms with van der Waals surface area (Å²) >= 11 is 0. The molecule has 1 aliphatic heterocycles. The van der Waals surface area contributed by atoms with Crippen molar-refractivity contribution in [1.29, 1.82) is 0 Å². The van der Waals surface area contributed by atoms with Crippen LogP contribution in [0.1, 0.15) is 18.4 Å². The largest absolute Gasteiger partial charge is 0.372 e. The summed E-state index contributed by atoms with van der Waals surface area (Å²) in [6, 6.07) is 7.42. The van der Waals surface area contributed by atoms with Crippen molar-refractivity contribution in [3.8, 4) is 0 Å². The molecule has 0 aliphatic carbocycles. The summed E-state index contributed by atoms with van der Waals surface area (Å²) < 4.78 is 0. The van der Waals surface area contributed by atoms with Gasteiger partial charge in [0.15, 0.2) is 0 Å². The van der Waals surface area contributed by atoms with Crippen molar-refractivity contribution in [3.63, 3.8) is 0 Å². The molecule has 0 radical (unpaired) electrons. The molecule has 1 saturated heterocycles. The van der Waals surface area contributed by atoms with E-state index in [4.69, 9.17) is 5.73 Å². The van der Waals surface area contributed by atoms with Gasteiger partial charge in [-0.25, -0.2) is 10.2 Å². The fourth-order valence-corrected chi connectivity index (χ4v) is 1.92. The van der Waals surface area contributed by atoms with Gasteiger partial charge in [0.2, 0.25) is 0 Å². The number of benzene rings is 1. The number of hydrogen-bond donors (Lipinski definition) is 2. The van der Waals surface area contributed by atoms with E-state index in [9.17, 15) is 4.79 Å². The maximum absolute atomic E-state index is 10.4. The Hall–Kier alpha value is -2.04. The van der Waals surface area contributed by atoms with Crippen LogP contribution in [0.5, 0.6) is 0 Å². The van der Waals surface area contributed by atoms with E-state index in [0.29, 0.717) is 0 Å². The van der Waals surface area contributed by atoms with E-state index in [1.54, 1.807) is 6.21 Å². The SMILES string of the molecule is NC(=O)N/N=C\c1ccc(N2CCCC2)cc1. The second-order valence-corrected chi connectivity index (χ2v) is 4.02. The van der Waals surface area contributed by atoms with Gasteiger partial charge in [-0.3, -0.25) is 0 Å². The number of carbonyl (C=O) groups excluding carboxylic acids is 1. The van der Waals surface area contributed by atoms with Gasteiger partial charge in [0.05, 0.1) is 6.21 Å². The fraction of sp³-hybridized carbons (Fsp3) is 0.333. The first-order valence-corrected chi connectivity index (χ1v) is 5.69. The number of nitrogens with zero attached hydrogens (tertiary/aromatic N) is 2. The van der Waals surface area contributed by atoms with Crippen molar-refractivity contribution in [3.05, 3.63) is 29.8 Å². The number of amides is 2. The molecule has 2 rings (SSSR count). The minimum Gasteiger partial charge on any atom is -0.372 e. The van der Waals surface area contributed by atoms with E-state index in [1.165, 1.54) is 18.5 Å². The summed E-state index contributed by atoms with van der Waals surface area (Å²) in [6.45, 7) is 2.27. The van der Waals surface area contributed by atoms with E-state index >= 15 is 0 Å². The van der Waals surface area contributed by atoms with Crippen molar-refractivity contribution in [2.75, 3.05) is 18.0 Å². The molecule has 5 heteroatoms. The number of primary amides is 1. The van der Waals surface area contributed by atoms with Gasteiger partial charge < -0.3 is 10.6 Å². The third kappa shape index (κ3) is 3.21. The number of nitrogens with two attached hydrogens (primary N) is 1. The highest BCUT2D eigenvalue weighted by atomic mass is 16.2.